The number of aryl methyl sites for hydroxylation is 1. The van der Waals surface area contributed by atoms with Crippen molar-refractivity contribution in [2.24, 2.45) is 0 Å². The van der Waals surface area contributed by atoms with Gasteiger partial charge in [0.1, 0.15) is 11.5 Å². The minimum atomic E-state index is 0.0894. The summed E-state index contributed by atoms with van der Waals surface area (Å²) in [5, 5.41) is 3.49. The molecule has 0 saturated heterocycles. The van der Waals surface area contributed by atoms with Gasteiger partial charge in [0, 0.05) is 41.7 Å². The summed E-state index contributed by atoms with van der Waals surface area (Å²) in [5.74, 6) is 2.39. The highest BCUT2D eigenvalue weighted by molar-refractivity contribution is 5.55. The Bertz CT molecular complexity index is 894. The third-order valence-corrected chi connectivity index (χ3v) is 4.50. The topological polar surface area (TPSA) is 56.3 Å². The van der Waals surface area contributed by atoms with Gasteiger partial charge in [0.15, 0.2) is 5.82 Å². The predicted octanol–water partition coefficient (Wildman–Crippen LogP) is 4.32. The van der Waals surface area contributed by atoms with Crippen molar-refractivity contribution in [3.8, 4) is 22.9 Å². The zero-order chi connectivity index (χ0) is 19.2. The van der Waals surface area contributed by atoms with E-state index < -0.39 is 0 Å². The molecule has 0 bridgehead atoms. The Kier molecular flexibility index (Phi) is 6.04. The van der Waals surface area contributed by atoms with Crippen LogP contribution in [0.3, 0.4) is 0 Å². The molecule has 1 heterocycles. The SMILES string of the molecule is COc1ccc(OC)c([C@H](C)NCc2cnc(-c3cccc(C)c3)nc2)c1. The Morgan fingerprint density at radius 3 is 2.44 bits per heavy atom. The quantitative estimate of drug-likeness (QED) is 0.677. The van der Waals surface area contributed by atoms with Crippen molar-refractivity contribution >= 4 is 0 Å². The number of nitrogens with zero attached hydrogens (tertiary/aromatic N) is 2. The smallest absolute Gasteiger partial charge is 0.159 e. The van der Waals surface area contributed by atoms with Gasteiger partial charge in [-0.05, 0) is 38.1 Å². The van der Waals surface area contributed by atoms with E-state index in [0.717, 1.165) is 34.0 Å². The molecule has 5 nitrogen and oxygen atoms in total. The van der Waals surface area contributed by atoms with Crippen LogP contribution in [0.15, 0.2) is 54.9 Å². The molecule has 27 heavy (non-hydrogen) atoms. The molecule has 0 aliphatic carbocycles. The van der Waals surface area contributed by atoms with Crippen LogP contribution >= 0.6 is 0 Å². The predicted molar refractivity (Wildman–Crippen MR) is 107 cm³/mol. The van der Waals surface area contributed by atoms with Crippen molar-refractivity contribution in [2.45, 2.75) is 26.4 Å². The standard InChI is InChI=1S/C22H25N3O2/c1-15-6-5-7-18(10-15)22-24-13-17(14-25-22)12-23-16(2)20-11-19(26-3)8-9-21(20)27-4/h5-11,13-14,16,23H,12H2,1-4H3/t16-/m0/s1. The Morgan fingerprint density at radius 2 is 1.78 bits per heavy atom. The fourth-order valence-electron chi connectivity index (χ4n) is 2.94. The second-order valence-corrected chi connectivity index (χ2v) is 6.49. The first-order valence-electron chi connectivity index (χ1n) is 8.94. The van der Waals surface area contributed by atoms with Crippen molar-refractivity contribution in [1.29, 1.82) is 0 Å². The summed E-state index contributed by atoms with van der Waals surface area (Å²) >= 11 is 0. The van der Waals surface area contributed by atoms with Crippen LogP contribution in [0, 0.1) is 6.92 Å². The van der Waals surface area contributed by atoms with Crippen LogP contribution in [0.5, 0.6) is 11.5 Å². The number of aromatic nitrogens is 2. The summed E-state index contributed by atoms with van der Waals surface area (Å²) in [6.45, 7) is 4.82. The highest BCUT2D eigenvalue weighted by atomic mass is 16.5. The van der Waals surface area contributed by atoms with Gasteiger partial charge in [-0.3, -0.25) is 0 Å². The lowest BCUT2D eigenvalue weighted by Gasteiger charge is -2.18. The molecule has 2 aromatic carbocycles. The van der Waals surface area contributed by atoms with Crippen molar-refractivity contribution in [1.82, 2.24) is 15.3 Å². The highest BCUT2D eigenvalue weighted by Crippen LogP contribution is 2.29. The second kappa shape index (κ2) is 8.64. The first-order chi connectivity index (χ1) is 13.1. The summed E-state index contributed by atoms with van der Waals surface area (Å²) in [5.41, 5.74) is 4.31. The first-order valence-corrected chi connectivity index (χ1v) is 8.94. The molecule has 0 amide bonds. The summed E-state index contributed by atoms with van der Waals surface area (Å²) in [6.07, 6.45) is 3.74. The zero-order valence-electron chi connectivity index (χ0n) is 16.2. The molecule has 1 N–H and O–H groups in total. The van der Waals surface area contributed by atoms with Gasteiger partial charge < -0.3 is 14.8 Å². The van der Waals surface area contributed by atoms with E-state index in [1.165, 1.54) is 5.56 Å². The lowest BCUT2D eigenvalue weighted by molar-refractivity contribution is 0.391. The fraction of sp³-hybridized carbons (Fsp3) is 0.273. The average Bonchev–Trinajstić information content (AvgIpc) is 2.71. The van der Waals surface area contributed by atoms with Gasteiger partial charge >= 0.3 is 0 Å². The summed E-state index contributed by atoms with van der Waals surface area (Å²) in [7, 11) is 3.34. The molecular weight excluding hydrogens is 338 g/mol. The number of methoxy groups -OCH3 is 2. The molecule has 5 heteroatoms. The summed E-state index contributed by atoms with van der Waals surface area (Å²) in [6, 6.07) is 14.1. The van der Waals surface area contributed by atoms with Crippen molar-refractivity contribution in [3.05, 3.63) is 71.5 Å². The van der Waals surface area contributed by atoms with Gasteiger partial charge in [-0.15, -0.1) is 0 Å². The van der Waals surface area contributed by atoms with E-state index in [2.05, 4.69) is 41.3 Å². The van der Waals surface area contributed by atoms with Gasteiger partial charge in [0.2, 0.25) is 0 Å². The van der Waals surface area contributed by atoms with Gasteiger partial charge in [-0.2, -0.15) is 0 Å². The lowest BCUT2D eigenvalue weighted by atomic mass is 10.1. The van der Waals surface area contributed by atoms with Gasteiger partial charge in [0.05, 0.1) is 14.2 Å². The number of nitrogens with one attached hydrogen (secondary N) is 1. The fourth-order valence-corrected chi connectivity index (χ4v) is 2.94. The van der Waals surface area contributed by atoms with Crippen LogP contribution in [-0.2, 0) is 6.54 Å². The second-order valence-electron chi connectivity index (χ2n) is 6.49. The number of benzene rings is 2. The van der Waals surface area contributed by atoms with E-state index in [4.69, 9.17) is 9.47 Å². The highest BCUT2D eigenvalue weighted by Gasteiger charge is 2.13. The minimum Gasteiger partial charge on any atom is -0.497 e. The maximum Gasteiger partial charge on any atom is 0.159 e. The van der Waals surface area contributed by atoms with Crippen molar-refractivity contribution < 1.29 is 9.47 Å². The number of rotatable bonds is 7. The van der Waals surface area contributed by atoms with Gasteiger partial charge in [-0.25, -0.2) is 9.97 Å². The molecule has 0 unspecified atom stereocenters. The average molecular weight is 363 g/mol. The number of hydrogen-bond donors (Lipinski definition) is 1. The molecular formula is C22H25N3O2. The van der Waals surface area contributed by atoms with Crippen LogP contribution in [-0.4, -0.2) is 24.2 Å². The Labute approximate surface area is 160 Å². The minimum absolute atomic E-state index is 0.0894. The molecule has 0 fully saturated rings. The molecule has 140 valence electrons. The monoisotopic (exact) mass is 363 g/mol. The van der Waals surface area contributed by atoms with Gasteiger partial charge in [0.25, 0.3) is 0 Å². The molecule has 0 aliphatic heterocycles. The molecule has 0 aliphatic rings. The third kappa shape index (κ3) is 4.63. The number of ether oxygens (including phenoxy) is 2. The largest absolute Gasteiger partial charge is 0.497 e. The Hall–Kier alpha value is -2.92. The molecule has 0 spiro atoms. The van der Waals surface area contributed by atoms with Gasteiger partial charge in [-0.1, -0.05) is 23.8 Å². The first kappa shape index (κ1) is 18.9. The molecule has 3 rings (SSSR count). The summed E-state index contributed by atoms with van der Waals surface area (Å²) in [4.78, 5) is 9.01. The van der Waals surface area contributed by atoms with Crippen molar-refractivity contribution in [3.63, 3.8) is 0 Å². The maximum atomic E-state index is 5.47. The Balaban J connectivity index is 1.68. The molecule has 0 saturated carbocycles. The Morgan fingerprint density at radius 1 is 1.00 bits per heavy atom. The molecule has 1 aromatic heterocycles. The molecule has 0 radical (unpaired) electrons. The van der Waals surface area contributed by atoms with Crippen LogP contribution in [0.4, 0.5) is 0 Å². The number of hydrogen-bond acceptors (Lipinski definition) is 5. The maximum absolute atomic E-state index is 5.47. The third-order valence-electron chi connectivity index (χ3n) is 4.50. The summed E-state index contributed by atoms with van der Waals surface area (Å²) < 4.78 is 10.8. The van der Waals surface area contributed by atoms with Crippen LogP contribution < -0.4 is 14.8 Å². The van der Waals surface area contributed by atoms with Crippen LogP contribution in [0.2, 0.25) is 0 Å². The normalized spacial score (nSPS) is 11.9. The van der Waals surface area contributed by atoms with E-state index in [0.29, 0.717) is 6.54 Å². The van der Waals surface area contributed by atoms with E-state index in [1.807, 2.05) is 42.7 Å². The van der Waals surface area contributed by atoms with Crippen LogP contribution in [0.1, 0.15) is 29.7 Å². The molecule has 1 atom stereocenters. The van der Waals surface area contributed by atoms with Crippen molar-refractivity contribution in [2.75, 3.05) is 14.2 Å². The van der Waals surface area contributed by atoms with E-state index in [9.17, 15) is 0 Å². The lowest BCUT2D eigenvalue weighted by Crippen LogP contribution is -2.19. The zero-order valence-corrected chi connectivity index (χ0v) is 16.2. The van der Waals surface area contributed by atoms with E-state index in [-0.39, 0.29) is 6.04 Å². The van der Waals surface area contributed by atoms with E-state index >= 15 is 0 Å². The molecule has 3 aromatic rings. The van der Waals surface area contributed by atoms with Crippen LogP contribution in [0.25, 0.3) is 11.4 Å². The van der Waals surface area contributed by atoms with E-state index in [1.54, 1.807) is 14.2 Å².